The zero-order valence-electron chi connectivity index (χ0n) is 11.7. The summed E-state index contributed by atoms with van der Waals surface area (Å²) in [6.07, 6.45) is -0.466. The van der Waals surface area contributed by atoms with Crippen LogP contribution in [0.3, 0.4) is 0 Å². The van der Waals surface area contributed by atoms with E-state index in [2.05, 4.69) is 21.2 Å². The molecule has 2 N–H and O–H groups in total. The first-order valence-electron chi connectivity index (χ1n) is 6.11. The van der Waals surface area contributed by atoms with Crippen molar-refractivity contribution in [3.63, 3.8) is 0 Å². The second kappa shape index (κ2) is 6.39. The largest absolute Gasteiger partial charge is 0.444 e. The minimum absolute atomic E-state index is 0.0743. The van der Waals surface area contributed by atoms with Crippen LogP contribution in [0.4, 0.5) is 4.79 Å². The lowest BCUT2D eigenvalue weighted by Gasteiger charge is -2.23. The van der Waals surface area contributed by atoms with Gasteiger partial charge in [0.15, 0.2) is 0 Å². The maximum absolute atomic E-state index is 11.7. The maximum Gasteiger partial charge on any atom is 0.408 e. The van der Waals surface area contributed by atoms with Crippen LogP contribution >= 0.6 is 15.9 Å². The number of carbonyl (C=O) groups excluding carboxylic acids is 1. The van der Waals surface area contributed by atoms with E-state index in [9.17, 15) is 9.90 Å². The SMILES string of the molecule is CC(NC(=O)OC(C)(C)C)c1ccc(Br)cc1CO. The maximum atomic E-state index is 11.7. The van der Waals surface area contributed by atoms with Gasteiger partial charge < -0.3 is 15.2 Å². The van der Waals surface area contributed by atoms with Crippen LogP contribution in [0.2, 0.25) is 0 Å². The Labute approximate surface area is 122 Å². The summed E-state index contributed by atoms with van der Waals surface area (Å²) < 4.78 is 6.10. The van der Waals surface area contributed by atoms with Gasteiger partial charge in [0, 0.05) is 4.47 Å². The third-order valence-corrected chi connectivity index (χ3v) is 2.97. The van der Waals surface area contributed by atoms with Crippen LogP contribution in [0.5, 0.6) is 0 Å². The molecule has 0 aliphatic carbocycles. The Bertz CT molecular complexity index is 454. The fraction of sp³-hybridized carbons (Fsp3) is 0.500. The van der Waals surface area contributed by atoms with Crippen molar-refractivity contribution in [2.24, 2.45) is 0 Å². The van der Waals surface area contributed by atoms with Crippen molar-refractivity contribution in [2.75, 3.05) is 0 Å². The van der Waals surface area contributed by atoms with Crippen molar-refractivity contribution in [3.05, 3.63) is 33.8 Å². The molecule has 0 bridgehead atoms. The van der Waals surface area contributed by atoms with Gasteiger partial charge in [-0.2, -0.15) is 0 Å². The van der Waals surface area contributed by atoms with E-state index < -0.39 is 11.7 Å². The molecular formula is C14H20BrNO3. The number of halogens is 1. The van der Waals surface area contributed by atoms with Crippen molar-refractivity contribution in [2.45, 2.75) is 45.9 Å². The van der Waals surface area contributed by atoms with Crippen molar-refractivity contribution in [3.8, 4) is 0 Å². The predicted molar refractivity (Wildman–Crippen MR) is 77.8 cm³/mol. The van der Waals surface area contributed by atoms with Gasteiger partial charge >= 0.3 is 6.09 Å². The van der Waals surface area contributed by atoms with E-state index >= 15 is 0 Å². The highest BCUT2D eigenvalue weighted by atomic mass is 79.9. The average Bonchev–Trinajstić information content (AvgIpc) is 2.25. The first-order valence-corrected chi connectivity index (χ1v) is 6.91. The molecule has 1 unspecified atom stereocenters. The number of carbonyl (C=O) groups is 1. The van der Waals surface area contributed by atoms with Gasteiger partial charge in [-0.05, 0) is 51.0 Å². The van der Waals surface area contributed by atoms with Crippen LogP contribution in [0, 0.1) is 0 Å². The Morgan fingerprint density at radius 1 is 1.47 bits per heavy atom. The van der Waals surface area contributed by atoms with Crippen LogP contribution < -0.4 is 5.32 Å². The Hall–Kier alpha value is -1.07. The van der Waals surface area contributed by atoms with Gasteiger partial charge in [0.1, 0.15) is 5.60 Å². The van der Waals surface area contributed by atoms with E-state index in [4.69, 9.17) is 4.74 Å². The molecule has 1 aromatic carbocycles. The van der Waals surface area contributed by atoms with Crippen LogP contribution in [-0.4, -0.2) is 16.8 Å². The van der Waals surface area contributed by atoms with Gasteiger partial charge in [-0.3, -0.25) is 0 Å². The van der Waals surface area contributed by atoms with Gasteiger partial charge in [0.25, 0.3) is 0 Å². The molecule has 4 nitrogen and oxygen atoms in total. The molecule has 0 aliphatic heterocycles. The average molecular weight is 330 g/mol. The second-order valence-corrected chi connectivity index (χ2v) is 6.28. The molecule has 5 heteroatoms. The summed E-state index contributed by atoms with van der Waals surface area (Å²) in [5, 5.41) is 12.1. The van der Waals surface area contributed by atoms with Crippen LogP contribution in [-0.2, 0) is 11.3 Å². The van der Waals surface area contributed by atoms with E-state index in [1.54, 1.807) is 0 Å². The smallest absolute Gasteiger partial charge is 0.408 e. The van der Waals surface area contributed by atoms with E-state index in [1.807, 2.05) is 45.9 Å². The Morgan fingerprint density at radius 3 is 2.63 bits per heavy atom. The Balaban J connectivity index is 2.78. The Kier molecular flexibility index (Phi) is 5.38. The molecule has 0 saturated heterocycles. The molecule has 0 fully saturated rings. The third-order valence-electron chi connectivity index (χ3n) is 2.48. The highest BCUT2D eigenvalue weighted by Crippen LogP contribution is 2.22. The zero-order chi connectivity index (χ0) is 14.6. The molecule has 0 heterocycles. The molecule has 0 radical (unpaired) electrons. The molecule has 1 amide bonds. The van der Waals surface area contributed by atoms with Gasteiger partial charge in [-0.25, -0.2) is 4.79 Å². The van der Waals surface area contributed by atoms with Crippen LogP contribution in [0.25, 0.3) is 0 Å². The number of aliphatic hydroxyl groups excluding tert-OH is 1. The highest BCUT2D eigenvalue weighted by molar-refractivity contribution is 9.10. The minimum Gasteiger partial charge on any atom is -0.444 e. The molecule has 19 heavy (non-hydrogen) atoms. The number of amides is 1. The second-order valence-electron chi connectivity index (χ2n) is 5.37. The molecule has 0 aliphatic rings. The van der Waals surface area contributed by atoms with Crippen molar-refractivity contribution >= 4 is 22.0 Å². The summed E-state index contributed by atoms with van der Waals surface area (Å²) >= 11 is 3.35. The first kappa shape index (κ1) is 16.0. The standard InChI is InChI=1S/C14H20BrNO3/c1-9(16-13(18)19-14(2,3)4)12-6-5-11(15)7-10(12)8-17/h5-7,9,17H,8H2,1-4H3,(H,16,18). The summed E-state index contributed by atoms with van der Waals surface area (Å²) in [6.45, 7) is 7.23. The van der Waals surface area contributed by atoms with Gasteiger partial charge in [0.2, 0.25) is 0 Å². The van der Waals surface area contributed by atoms with Crippen molar-refractivity contribution in [1.82, 2.24) is 5.32 Å². The number of hydrogen-bond acceptors (Lipinski definition) is 3. The van der Waals surface area contributed by atoms with E-state index in [1.165, 1.54) is 0 Å². The summed E-state index contributed by atoms with van der Waals surface area (Å²) in [4.78, 5) is 11.7. The number of hydrogen-bond donors (Lipinski definition) is 2. The summed E-state index contributed by atoms with van der Waals surface area (Å²) in [5.41, 5.74) is 1.12. The highest BCUT2D eigenvalue weighted by Gasteiger charge is 2.19. The lowest BCUT2D eigenvalue weighted by molar-refractivity contribution is 0.0507. The lowest BCUT2D eigenvalue weighted by atomic mass is 10.0. The predicted octanol–water partition coefficient (Wildman–Crippen LogP) is 3.53. The molecule has 0 aromatic heterocycles. The number of ether oxygens (including phenoxy) is 1. The molecule has 1 rings (SSSR count). The van der Waals surface area contributed by atoms with Crippen LogP contribution in [0.15, 0.2) is 22.7 Å². The molecule has 1 atom stereocenters. The monoisotopic (exact) mass is 329 g/mol. The quantitative estimate of drug-likeness (QED) is 0.891. The fourth-order valence-electron chi connectivity index (χ4n) is 1.70. The molecule has 0 spiro atoms. The number of rotatable bonds is 3. The first-order chi connectivity index (χ1) is 8.73. The van der Waals surface area contributed by atoms with Crippen molar-refractivity contribution < 1.29 is 14.6 Å². The molecule has 0 saturated carbocycles. The summed E-state index contributed by atoms with van der Waals surface area (Å²) in [6, 6.07) is 5.35. The number of nitrogens with one attached hydrogen (secondary N) is 1. The minimum atomic E-state index is -0.524. The zero-order valence-corrected chi connectivity index (χ0v) is 13.2. The molecular weight excluding hydrogens is 310 g/mol. The van der Waals surface area contributed by atoms with Gasteiger partial charge in [0.05, 0.1) is 12.6 Å². The third kappa shape index (κ3) is 5.20. The van der Waals surface area contributed by atoms with Gasteiger partial charge in [-0.15, -0.1) is 0 Å². The fourth-order valence-corrected chi connectivity index (χ4v) is 2.10. The lowest BCUT2D eigenvalue weighted by Crippen LogP contribution is -2.34. The normalized spacial score (nSPS) is 12.9. The van der Waals surface area contributed by atoms with E-state index in [-0.39, 0.29) is 12.6 Å². The van der Waals surface area contributed by atoms with Crippen molar-refractivity contribution in [1.29, 1.82) is 0 Å². The topological polar surface area (TPSA) is 58.6 Å². The van der Waals surface area contributed by atoms with E-state index in [0.29, 0.717) is 0 Å². The van der Waals surface area contributed by atoms with E-state index in [0.717, 1.165) is 15.6 Å². The Morgan fingerprint density at radius 2 is 2.11 bits per heavy atom. The summed E-state index contributed by atoms with van der Waals surface area (Å²) in [7, 11) is 0. The molecule has 1 aromatic rings. The number of aliphatic hydroxyl groups is 1. The molecule has 106 valence electrons. The number of alkyl carbamates (subject to hydrolysis) is 1. The number of benzene rings is 1. The summed E-state index contributed by atoms with van der Waals surface area (Å²) in [5.74, 6) is 0. The van der Waals surface area contributed by atoms with Gasteiger partial charge in [-0.1, -0.05) is 22.0 Å². The van der Waals surface area contributed by atoms with Crippen LogP contribution in [0.1, 0.15) is 44.9 Å².